The molecule has 1 fully saturated rings. The lowest BCUT2D eigenvalue weighted by Crippen LogP contribution is -2.40. The lowest BCUT2D eigenvalue weighted by Gasteiger charge is -2.27. The molecule has 1 aliphatic rings. The van der Waals surface area contributed by atoms with Gasteiger partial charge in [-0.05, 0) is 43.9 Å². The Morgan fingerprint density at radius 1 is 1.33 bits per heavy atom. The first-order valence-electron chi connectivity index (χ1n) is 7.82. The number of carbonyl (C=O) groups excluding carboxylic acids is 1. The SMILES string of the molecule is C=CCOc1ccc(C(F)(F)F)cc1C(=O)NC1CCC(N)CC1. The highest BCUT2D eigenvalue weighted by Crippen LogP contribution is 2.33. The summed E-state index contributed by atoms with van der Waals surface area (Å²) in [5.74, 6) is -0.464. The summed E-state index contributed by atoms with van der Waals surface area (Å²) in [4.78, 5) is 12.4. The Morgan fingerprint density at radius 2 is 2.00 bits per heavy atom. The van der Waals surface area contributed by atoms with Crippen molar-refractivity contribution in [2.75, 3.05) is 6.61 Å². The number of nitrogens with one attached hydrogen (secondary N) is 1. The second-order valence-corrected chi connectivity index (χ2v) is 5.89. The van der Waals surface area contributed by atoms with E-state index in [1.165, 1.54) is 6.08 Å². The van der Waals surface area contributed by atoms with Gasteiger partial charge in [-0.3, -0.25) is 4.79 Å². The van der Waals surface area contributed by atoms with Crippen molar-refractivity contribution in [1.82, 2.24) is 5.32 Å². The summed E-state index contributed by atoms with van der Waals surface area (Å²) in [5, 5.41) is 2.78. The second kappa shape index (κ2) is 7.70. The van der Waals surface area contributed by atoms with Gasteiger partial charge in [0.15, 0.2) is 0 Å². The summed E-state index contributed by atoms with van der Waals surface area (Å²) >= 11 is 0. The van der Waals surface area contributed by atoms with Crippen LogP contribution in [0.25, 0.3) is 0 Å². The molecule has 0 spiro atoms. The van der Waals surface area contributed by atoms with Crippen molar-refractivity contribution in [2.24, 2.45) is 5.73 Å². The van der Waals surface area contributed by atoms with Crippen molar-refractivity contribution < 1.29 is 22.7 Å². The van der Waals surface area contributed by atoms with E-state index in [2.05, 4.69) is 11.9 Å². The first-order valence-corrected chi connectivity index (χ1v) is 7.82. The highest BCUT2D eigenvalue weighted by atomic mass is 19.4. The monoisotopic (exact) mass is 342 g/mol. The number of hydrogen-bond donors (Lipinski definition) is 2. The molecule has 7 heteroatoms. The Kier molecular flexibility index (Phi) is 5.88. The van der Waals surface area contributed by atoms with Gasteiger partial charge in [0.25, 0.3) is 5.91 Å². The van der Waals surface area contributed by atoms with E-state index < -0.39 is 17.6 Å². The van der Waals surface area contributed by atoms with Gasteiger partial charge >= 0.3 is 6.18 Å². The Labute approximate surface area is 138 Å². The normalized spacial score (nSPS) is 21.2. The Bertz CT molecular complexity index is 594. The minimum Gasteiger partial charge on any atom is -0.489 e. The van der Waals surface area contributed by atoms with Crippen molar-refractivity contribution in [2.45, 2.75) is 43.9 Å². The zero-order chi connectivity index (χ0) is 17.7. The molecule has 2 rings (SSSR count). The molecule has 1 saturated carbocycles. The number of carbonyl (C=O) groups is 1. The number of rotatable bonds is 5. The third-order valence-electron chi connectivity index (χ3n) is 4.02. The van der Waals surface area contributed by atoms with Crippen LogP contribution in [0.15, 0.2) is 30.9 Å². The van der Waals surface area contributed by atoms with E-state index >= 15 is 0 Å². The number of hydrogen-bond acceptors (Lipinski definition) is 3. The topological polar surface area (TPSA) is 64.3 Å². The molecule has 0 bridgehead atoms. The molecule has 3 N–H and O–H groups in total. The zero-order valence-electron chi connectivity index (χ0n) is 13.2. The van der Waals surface area contributed by atoms with Gasteiger partial charge in [-0.1, -0.05) is 12.7 Å². The maximum Gasteiger partial charge on any atom is 0.416 e. The van der Waals surface area contributed by atoms with Crippen molar-refractivity contribution >= 4 is 5.91 Å². The lowest BCUT2D eigenvalue weighted by atomic mass is 9.91. The van der Waals surface area contributed by atoms with Gasteiger partial charge in [-0.25, -0.2) is 0 Å². The molecule has 0 atom stereocenters. The predicted octanol–water partition coefficient (Wildman–Crippen LogP) is 3.27. The maximum atomic E-state index is 12.9. The molecule has 0 aromatic heterocycles. The number of amides is 1. The van der Waals surface area contributed by atoms with Crippen molar-refractivity contribution in [1.29, 1.82) is 0 Å². The Morgan fingerprint density at radius 3 is 2.58 bits per heavy atom. The molecule has 132 valence electrons. The third-order valence-corrected chi connectivity index (χ3v) is 4.02. The number of benzene rings is 1. The van der Waals surface area contributed by atoms with E-state index in [0.717, 1.165) is 31.0 Å². The first kappa shape index (κ1) is 18.3. The van der Waals surface area contributed by atoms with Gasteiger partial charge in [0.1, 0.15) is 12.4 Å². The van der Waals surface area contributed by atoms with Crippen LogP contribution in [0.4, 0.5) is 13.2 Å². The summed E-state index contributed by atoms with van der Waals surface area (Å²) in [6.07, 6.45) is -0.0599. The van der Waals surface area contributed by atoms with E-state index in [0.29, 0.717) is 12.8 Å². The second-order valence-electron chi connectivity index (χ2n) is 5.89. The number of nitrogens with two attached hydrogens (primary N) is 1. The van der Waals surface area contributed by atoms with Crippen molar-refractivity contribution in [3.05, 3.63) is 42.0 Å². The van der Waals surface area contributed by atoms with Gasteiger partial charge < -0.3 is 15.8 Å². The number of halogens is 3. The largest absolute Gasteiger partial charge is 0.489 e. The molecule has 0 radical (unpaired) electrons. The molecule has 1 aromatic carbocycles. The molecule has 0 aliphatic heterocycles. The summed E-state index contributed by atoms with van der Waals surface area (Å²) < 4.78 is 44.1. The summed E-state index contributed by atoms with van der Waals surface area (Å²) in [6.45, 7) is 3.59. The number of ether oxygens (including phenoxy) is 1. The molecule has 24 heavy (non-hydrogen) atoms. The third kappa shape index (κ3) is 4.74. The zero-order valence-corrected chi connectivity index (χ0v) is 13.2. The van der Waals surface area contributed by atoms with Crippen LogP contribution in [-0.2, 0) is 6.18 Å². The first-order chi connectivity index (χ1) is 11.3. The quantitative estimate of drug-likeness (QED) is 0.807. The van der Waals surface area contributed by atoms with Crippen LogP contribution in [-0.4, -0.2) is 24.6 Å². The number of alkyl halides is 3. The van der Waals surface area contributed by atoms with Crippen LogP contribution in [0.2, 0.25) is 0 Å². The van der Waals surface area contributed by atoms with Gasteiger partial charge in [-0.2, -0.15) is 13.2 Å². The van der Waals surface area contributed by atoms with Crippen LogP contribution < -0.4 is 15.8 Å². The van der Waals surface area contributed by atoms with Crippen LogP contribution in [0, 0.1) is 0 Å². The van der Waals surface area contributed by atoms with Crippen LogP contribution in [0.5, 0.6) is 5.75 Å². The standard InChI is InChI=1S/C17H21F3N2O2/c1-2-9-24-15-8-3-11(17(18,19)20)10-14(15)16(23)22-13-6-4-12(21)5-7-13/h2-3,8,10,12-13H,1,4-7,9,21H2,(H,22,23). The Balaban J connectivity index is 2.20. The van der Waals surface area contributed by atoms with E-state index in [9.17, 15) is 18.0 Å². The van der Waals surface area contributed by atoms with Crippen molar-refractivity contribution in [3.63, 3.8) is 0 Å². The smallest absolute Gasteiger partial charge is 0.416 e. The average Bonchev–Trinajstić information content (AvgIpc) is 2.54. The van der Waals surface area contributed by atoms with E-state index in [1.807, 2.05) is 0 Å². The highest BCUT2D eigenvalue weighted by Gasteiger charge is 2.32. The van der Waals surface area contributed by atoms with Gasteiger partial charge in [-0.15, -0.1) is 0 Å². The molecule has 0 unspecified atom stereocenters. The van der Waals surface area contributed by atoms with Crippen LogP contribution in [0.1, 0.15) is 41.6 Å². The lowest BCUT2D eigenvalue weighted by molar-refractivity contribution is -0.137. The van der Waals surface area contributed by atoms with Gasteiger partial charge in [0.05, 0.1) is 11.1 Å². The van der Waals surface area contributed by atoms with Crippen LogP contribution in [0.3, 0.4) is 0 Å². The molecule has 0 saturated heterocycles. The fraction of sp³-hybridized carbons (Fsp3) is 0.471. The predicted molar refractivity (Wildman–Crippen MR) is 84.8 cm³/mol. The maximum absolute atomic E-state index is 12.9. The molecule has 4 nitrogen and oxygen atoms in total. The summed E-state index contributed by atoms with van der Waals surface area (Å²) in [5.41, 5.74) is 4.81. The van der Waals surface area contributed by atoms with Crippen molar-refractivity contribution in [3.8, 4) is 5.75 Å². The molecule has 1 amide bonds. The minimum absolute atomic E-state index is 0.0842. The summed E-state index contributed by atoms with van der Waals surface area (Å²) in [6, 6.07) is 2.92. The minimum atomic E-state index is -4.52. The molecule has 1 aliphatic carbocycles. The fourth-order valence-electron chi connectivity index (χ4n) is 2.69. The van der Waals surface area contributed by atoms with Crippen LogP contribution >= 0.6 is 0 Å². The molecular weight excluding hydrogens is 321 g/mol. The highest BCUT2D eigenvalue weighted by molar-refractivity contribution is 5.97. The van der Waals surface area contributed by atoms with E-state index in [-0.39, 0.29) is 30.0 Å². The van der Waals surface area contributed by atoms with E-state index in [4.69, 9.17) is 10.5 Å². The van der Waals surface area contributed by atoms with E-state index in [1.54, 1.807) is 0 Å². The summed E-state index contributed by atoms with van der Waals surface area (Å²) in [7, 11) is 0. The average molecular weight is 342 g/mol. The van der Waals surface area contributed by atoms with Gasteiger partial charge in [0, 0.05) is 12.1 Å². The molecular formula is C17H21F3N2O2. The fourth-order valence-corrected chi connectivity index (χ4v) is 2.69. The molecule has 0 heterocycles. The Hall–Kier alpha value is -2.02. The molecule has 1 aromatic rings. The van der Waals surface area contributed by atoms with Gasteiger partial charge in [0.2, 0.25) is 0 Å².